The van der Waals surface area contributed by atoms with Crippen LogP contribution in [0.3, 0.4) is 0 Å². The minimum atomic E-state index is 0. The quantitative estimate of drug-likeness (QED) is 0.279. The van der Waals surface area contributed by atoms with Crippen LogP contribution in [0.4, 0.5) is 0 Å². The molecule has 2 heterocycles. The minimum absolute atomic E-state index is 0. The first kappa shape index (κ1) is 25.3. The van der Waals surface area contributed by atoms with Crippen LogP contribution in [0, 0.1) is 6.92 Å². The molecule has 0 amide bonds. The molecule has 3 N–H and O–H groups in total. The van der Waals surface area contributed by atoms with Crippen LogP contribution in [0.15, 0.2) is 29.3 Å². The molecule has 1 atom stereocenters. The summed E-state index contributed by atoms with van der Waals surface area (Å²) in [5, 5.41) is 17.4. The highest BCUT2D eigenvalue weighted by Crippen LogP contribution is 2.31. The molecule has 0 radical (unpaired) electrons. The first-order valence-electron chi connectivity index (χ1n) is 11.3. The number of benzene rings is 1. The van der Waals surface area contributed by atoms with Crippen molar-refractivity contribution in [2.75, 3.05) is 39.9 Å². The van der Waals surface area contributed by atoms with Crippen LogP contribution < -0.4 is 10.6 Å². The first-order chi connectivity index (χ1) is 15.2. The van der Waals surface area contributed by atoms with Gasteiger partial charge in [-0.15, -0.1) is 35.3 Å². The van der Waals surface area contributed by atoms with Crippen molar-refractivity contribution in [3.05, 3.63) is 50.7 Å². The predicted octanol–water partition coefficient (Wildman–Crippen LogP) is 4.00. The second-order valence-corrected chi connectivity index (χ2v) is 9.65. The molecule has 0 saturated carbocycles. The number of halogens is 1. The van der Waals surface area contributed by atoms with Gasteiger partial charge in [-0.1, -0.05) is 6.07 Å². The molecule has 0 spiro atoms. The maximum absolute atomic E-state index is 10.5. The van der Waals surface area contributed by atoms with E-state index in [2.05, 4.69) is 45.6 Å². The van der Waals surface area contributed by atoms with Gasteiger partial charge >= 0.3 is 0 Å². The van der Waals surface area contributed by atoms with Crippen LogP contribution in [0.25, 0.3) is 0 Å². The van der Waals surface area contributed by atoms with Gasteiger partial charge in [0.15, 0.2) is 5.96 Å². The van der Waals surface area contributed by atoms with Crippen molar-refractivity contribution in [3.63, 3.8) is 0 Å². The molecule has 1 aromatic carbocycles. The van der Waals surface area contributed by atoms with Crippen molar-refractivity contribution in [1.82, 2.24) is 15.5 Å². The molecule has 176 valence electrons. The zero-order valence-electron chi connectivity index (χ0n) is 19.0. The van der Waals surface area contributed by atoms with Crippen LogP contribution >= 0.6 is 35.3 Å². The second-order valence-electron chi connectivity index (χ2n) is 8.33. The fourth-order valence-corrected chi connectivity index (χ4v) is 5.62. The Bertz CT molecular complexity index is 911. The van der Waals surface area contributed by atoms with Crippen molar-refractivity contribution in [2.45, 2.75) is 45.2 Å². The largest absolute Gasteiger partial charge is 0.508 e. The summed E-state index contributed by atoms with van der Waals surface area (Å²) in [6.07, 6.45) is 4.58. The number of hydrogen-bond acceptors (Lipinski definition) is 5. The molecular formula is C24H35IN4O2S. The number of rotatable bonds is 6. The maximum Gasteiger partial charge on any atom is 0.191 e. The Morgan fingerprint density at radius 3 is 2.66 bits per heavy atom. The number of phenols is 1. The van der Waals surface area contributed by atoms with Gasteiger partial charge in [0, 0.05) is 48.5 Å². The van der Waals surface area contributed by atoms with E-state index < -0.39 is 0 Å². The summed E-state index contributed by atoms with van der Waals surface area (Å²) in [5.41, 5.74) is 3.71. The van der Waals surface area contributed by atoms with Crippen molar-refractivity contribution < 1.29 is 9.84 Å². The van der Waals surface area contributed by atoms with Gasteiger partial charge in [0.05, 0.1) is 19.3 Å². The van der Waals surface area contributed by atoms with E-state index in [1.807, 2.05) is 17.4 Å². The Morgan fingerprint density at radius 1 is 1.16 bits per heavy atom. The molecule has 4 rings (SSSR count). The van der Waals surface area contributed by atoms with E-state index in [1.54, 1.807) is 7.05 Å². The molecule has 1 saturated heterocycles. The fourth-order valence-electron chi connectivity index (χ4n) is 4.61. The first-order valence-corrected chi connectivity index (χ1v) is 12.1. The number of thiophene rings is 1. The van der Waals surface area contributed by atoms with Crippen LogP contribution in [0.2, 0.25) is 0 Å². The highest BCUT2D eigenvalue weighted by atomic mass is 127. The number of nitrogens with zero attached hydrogens (tertiary/aromatic N) is 2. The molecule has 1 unspecified atom stereocenters. The van der Waals surface area contributed by atoms with Gasteiger partial charge in [0.2, 0.25) is 0 Å². The number of nitrogens with one attached hydrogen (secondary N) is 2. The number of fused-ring (bicyclic) bond motifs is 1. The summed E-state index contributed by atoms with van der Waals surface area (Å²) in [4.78, 5) is 9.63. The third-order valence-corrected chi connectivity index (χ3v) is 7.42. The molecule has 1 aliphatic carbocycles. The Kier molecular flexibility index (Phi) is 9.63. The zero-order valence-corrected chi connectivity index (χ0v) is 22.2. The topological polar surface area (TPSA) is 69.1 Å². The van der Waals surface area contributed by atoms with Crippen LogP contribution in [0.1, 0.15) is 45.3 Å². The van der Waals surface area contributed by atoms with Crippen molar-refractivity contribution >= 4 is 41.3 Å². The average Bonchev–Trinajstić information content (AvgIpc) is 3.23. The fraction of sp³-hybridized carbons (Fsp3) is 0.542. The number of morpholine rings is 1. The van der Waals surface area contributed by atoms with E-state index in [-0.39, 0.29) is 24.0 Å². The van der Waals surface area contributed by atoms with Gasteiger partial charge in [-0.3, -0.25) is 9.89 Å². The maximum atomic E-state index is 10.5. The van der Waals surface area contributed by atoms with E-state index in [0.29, 0.717) is 18.3 Å². The number of phenolic OH excluding ortho intramolecular Hbond substituents is 1. The average molecular weight is 571 g/mol. The molecule has 1 aliphatic heterocycles. The molecule has 1 fully saturated rings. The highest BCUT2D eigenvalue weighted by Gasteiger charge is 2.24. The number of aryl methyl sites for hydroxylation is 2. The normalized spacial score (nSPS) is 17.9. The van der Waals surface area contributed by atoms with Crippen molar-refractivity contribution in [3.8, 4) is 5.75 Å². The number of aliphatic imine (C=N–C) groups is 1. The van der Waals surface area contributed by atoms with Crippen molar-refractivity contribution in [1.29, 1.82) is 0 Å². The molecule has 2 aromatic rings. The number of hydrogen-bond donors (Lipinski definition) is 3. The molecular weight excluding hydrogens is 535 g/mol. The summed E-state index contributed by atoms with van der Waals surface area (Å²) in [7, 11) is 1.80. The van der Waals surface area contributed by atoms with E-state index in [9.17, 15) is 5.11 Å². The molecule has 0 bridgehead atoms. The highest BCUT2D eigenvalue weighted by molar-refractivity contribution is 14.0. The lowest BCUT2D eigenvalue weighted by Gasteiger charge is -2.34. The third kappa shape index (κ3) is 6.15. The van der Waals surface area contributed by atoms with Gasteiger partial charge in [-0.2, -0.15) is 0 Å². The summed E-state index contributed by atoms with van der Waals surface area (Å²) in [6, 6.07) is 8.65. The van der Waals surface area contributed by atoms with E-state index in [1.165, 1.54) is 33.7 Å². The van der Waals surface area contributed by atoms with Gasteiger partial charge in [0.25, 0.3) is 0 Å². The third-order valence-electron chi connectivity index (χ3n) is 6.32. The zero-order chi connectivity index (χ0) is 21.6. The Morgan fingerprint density at radius 2 is 1.94 bits per heavy atom. The molecule has 8 heteroatoms. The van der Waals surface area contributed by atoms with Gasteiger partial charge in [0.1, 0.15) is 5.75 Å². The standard InChI is InChI=1S/C24H34N4O2S.HI/c1-17-7-10-23(31-17)21(28-11-13-30-14-12-28)16-27-24(25-2)26-15-20-19-6-4-3-5-18(19)8-9-22(20)29;/h7-10,21,29H,3-6,11-16H2,1-2H3,(H2,25,26,27);1H. The lowest BCUT2D eigenvalue weighted by atomic mass is 9.88. The summed E-state index contributed by atoms with van der Waals surface area (Å²) in [6.45, 7) is 6.97. The lowest BCUT2D eigenvalue weighted by Crippen LogP contribution is -2.46. The van der Waals surface area contributed by atoms with Crippen LogP contribution in [0.5, 0.6) is 5.75 Å². The minimum Gasteiger partial charge on any atom is -0.508 e. The van der Waals surface area contributed by atoms with Gasteiger partial charge in [-0.05, 0) is 61.9 Å². The van der Waals surface area contributed by atoms with Crippen LogP contribution in [-0.4, -0.2) is 55.9 Å². The van der Waals surface area contributed by atoms with Gasteiger partial charge < -0.3 is 20.5 Å². The molecule has 2 aliphatic rings. The monoisotopic (exact) mass is 570 g/mol. The molecule has 1 aromatic heterocycles. The number of guanidine groups is 1. The van der Waals surface area contributed by atoms with Crippen molar-refractivity contribution in [2.24, 2.45) is 4.99 Å². The van der Waals surface area contributed by atoms with Crippen LogP contribution in [-0.2, 0) is 24.1 Å². The predicted molar refractivity (Wildman–Crippen MR) is 143 cm³/mol. The van der Waals surface area contributed by atoms with Gasteiger partial charge in [-0.25, -0.2) is 0 Å². The second kappa shape index (κ2) is 12.2. The van der Waals surface area contributed by atoms with E-state index in [0.717, 1.165) is 57.2 Å². The number of aromatic hydroxyl groups is 1. The number of ether oxygens (including phenoxy) is 1. The SMILES string of the molecule is CN=C(NCc1c(O)ccc2c1CCCC2)NCC(c1ccc(C)s1)N1CCOCC1.I. The summed E-state index contributed by atoms with van der Waals surface area (Å²) < 4.78 is 5.56. The summed E-state index contributed by atoms with van der Waals surface area (Å²) in [5.74, 6) is 1.14. The Hall–Kier alpha value is -1.36. The smallest absolute Gasteiger partial charge is 0.191 e. The molecule has 32 heavy (non-hydrogen) atoms. The summed E-state index contributed by atoms with van der Waals surface area (Å²) >= 11 is 1.86. The molecule has 6 nitrogen and oxygen atoms in total. The lowest BCUT2D eigenvalue weighted by molar-refractivity contribution is 0.0177. The Labute approximate surface area is 212 Å². The van der Waals surface area contributed by atoms with E-state index >= 15 is 0 Å². The Balaban J connectivity index is 0.00000289. The van der Waals surface area contributed by atoms with E-state index in [4.69, 9.17) is 4.74 Å².